The Morgan fingerprint density at radius 1 is 1.07 bits per heavy atom. The molecular weight excluding hydrogens is 403 g/mol. The summed E-state index contributed by atoms with van der Waals surface area (Å²) in [6, 6.07) is 10.0. The second-order valence-electron chi connectivity index (χ2n) is 5.96. The van der Waals surface area contributed by atoms with Crippen LogP contribution in [-0.2, 0) is 14.8 Å². The van der Waals surface area contributed by atoms with Crippen LogP contribution in [0.15, 0.2) is 42.5 Å². The number of amides is 1. The Morgan fingerprint density at radius 2 is 1.72 bits per heavy atom. The molecule has 1 amide bonds. The van der Waals surface area contributed by atoms with Crippen molar-refractivity contribution < 1.29 is 31.8 Å². The molecule has 0 saturated heterocycles. The number of carbonyl (C=O) groups is 1. The van der Waals surface area contributed by atoms with E-state index in [4.69, 9.17) is 14.2 Å². The van der Waals surface area contributed by atoms with Crippen molar-refractivity contribution in [3.8, 4) is 17.2 Å². The second-order valence-corrected chi connectivity index (χ2v) is 7.87. The van der Waals surface area contributed by atoms with E-state index in [1.165, 1.54) is 50.6 Å². The number of halogens is 1. The van der Waals surface area contributed by atoms with Gasteiger partial charge in [-0.3, -0.25) is 9.10 Å². The van der Waals surface area contributed by atoms with Gasteiger partial charge in [-0.2, -0.15) is 0 Å². The maximum absolute atomic E-state index is 12.8. The molecule has 1 N–H and O–H groups in total. The summed E-state index contributed by atoms with van der Waals surface area (Å²) in [5, 5.41) is 2.59. The molecular formula is C19H23FN2O6S. The number of carbonyl (C=O) groups excluding carboxylic acids is 1. The first-order valence-corrected chi connectivity index (χ1v) is 10.4. The number of hydrogen-bond acceptors (Lipinski definition) is 6. The Labute approximate surface area is 169 Å². The third-order valence-electron chi connectivity index (χ3n) is 3.85. The zero-order valence-electron chi connectivity index (χ0n) is 16.3. The Kier molecular flexibility index (Phi) is 7.66. The largest absolute Gasteiger partial charge is 0.493 e. The van der Waals surface area contributed by atoms with E-state index in [9.17, 15) is 17.6 Å². The fraction of sp³-hybridized carbons (Fsp3) is 0.316. The molecule has 0 atom stereocenters. The van der Waals surface area contributed by atoms with E-state index < -0.39 is 22.5 Å². The van der Waals surface area contributed by atoms with Crippen molar-refractivity contribution >= 4 is 21.6 Å². The predicted octanol–water partition coefficient (Wildman–Crippen LogP) is 1.80. The highest BCUT2D eigenvalue weighted by Gasteiger charge is 2.22. The molecule has 0 saturated carbocycles. The Morgan fingerprint density at radius 3 is 2.31 bits per heavy atom. The molecule has 10 heteroatoms. The predicted molar refractivity (Wildman–Crippen MR) is 107 cm³/mol. The number of nitrogens with zero attached hydrogens (tertiary/aromatic N) is 1. The molecule has 2 aromatic rings. The lowest BCUT2D eigenvalue weighted by molar-refractivity contribution is -0.119. The van der Waals surface area contributed by atoms with Gasteiger partial charge in [-0.25, -0.2) is 12.8 Å². The minimum absolute atomic E-state index is 0.145. The first kappa shape index (κ1) is 22.3. The molecule has 0 aliphatic rings. The van der Waals surface area contributed by atoms with Gasteiger partial charge in [0.2, 0.25) is 15.9 Å². The van der Waals surface area contributed by atoms with E-state index in [2.05, 4.69) is 5.32 Å². The quantitative estimate of drug-likeness (QED) is 0.583. The van der Waals surface area contributed by atoms with E-state index in [0.717, 1.165) is 10.6 Å². The third-order valence-corrected chi connectivity index (χ3v) is 4.99. The number of benzene rings is 2. The lowest BCUT2D eigenvalue weighted by Crippen LogP contribution is -2.41. The topological polar surface area (TPSA) is 94.2 Å². The highest BCUT2D eigenvalue weighted by atomic mass is 32.2. The molecule has 0 unspecified atom stereocenters. The van der Waals surface area contributed by atoms with Crippen LogP contribution in [-0.4, -0.2) is 54.5 Å². The first-order valence-electron chi connectivity index (χ1n) is 8.59. The molecule has 8 nitrogen and oxygen atoms in total. The van der Waals surface area contributed by atoms with Crippen LogP contribution in [0.5, 0.6) is 17.2 Å². The minimum Gasteiger partial charge on any atom is -0.493 e. The summed E-state index contributed by atoms with van der Waals surface area (Å²) < 4.78 is 53.9. The van der Waals surface area contributed by atoms with Gasteiger partial charge in [0, 0.05) is 6.07 Å². The van der Waals surface area contributed by atoms with Crippen molar-refractivity contribution in [1.82, 2.24) is 5.32 Å². The lowest BCUT2D eigenvalue weighted by atomic mass is 10.2. The van der Waals surface area contributed by atoms with Gasteiger partial charge in [0.1, 0.15) is 24.7 Å². The van der Waals surface area contributed by atoms with Gasteiger partial charge in [0.25, 0.3) is 0 Å². The molecule has 0 spiro atoms. The molecule has 0 radical (unpaired) electrons. The van der Waals surface area contributed by atoms with Crippen LogP contribution in [0, 0.1) is 5.82 Å². The fourth-order valence-electron chi connectivity index (χ4n) is 2.46. The summed E-state index contributed by atoms with van der Waals surface area (Å²) in [5.41, 5.74) is 0.267. The molecule has 158 valence electrons. The lowest BCUT2D eigenvalue weighted by Gasteiger charge is -2.23. The zero-order chi connectivity index (χ0) is 21.4. The van der Waals surface area contributed by atoms with Gasteiger partial charge >= 0.3 is 0 Å². The molecule has 0 aliphatic carbocycles. The fourth-order valence-corrected chi connectivity index (χ4v) is 3.30. The van der Waals surface area contributed by atoms with E-state index >= 15 is 0 Å². The molecule has 2 rings (SSSR count). The van der Waals surface area contributed by atoms with Crippen LogP contribution in [0.2, 0.25) is 0 Å². The van der Waals surface area contributed by atoms with Crippen molar-refractivity contribution in [2.75, 3.05) is 44.5 Å². The summed E-state index contributed by atoms with van der Waals surface area (Å²) >= 11 is 0. The van der Waals surface area contributed by atoms with Gasteiger partial charge < -0.3 is 19.5 Å². The molecule has 0 aromatic heterocycles. The van der Waals surface area contributed by atoms with Crippen LogP contribution >= 0.6 is 0 Å². The van der Waals surface area contributed by atoms with E-state index in [1.54, 1.807) is 6.07 Å². The number of anilines is 1. The number of nitrogens with one attached hydrogen (secondary N) is 1. The van der Waals surface area contributed by atoms with Gasteiger partial charge in [0.05, 0.1) is 32.7 Å². The maximum Gasteiger partial charge on any atom is 0.240 e. The second kappa shape index (κ2) is 9.97. The molecule has 29 heavy (non-hydrogen) atoms. The smallest absolute Gasteiger partial charge is 0.240 e. The van der Waals surface area contributed by atoms with Gasteiger partial charge in [-0.15, -0.1) is 0 Å². The average Bonchev–Trinajstić information content (AvgIpc) is 2.69. The molecule has 0 fully saturated rings. The molecule has 0 aliphatic heterocycles. The molecule has 0 bridgehead atoms. The van der Waals surface area contributed by atoms with E-state index in [0.29, 0.717) is 17.2 Å². The van der Waals surface area contributed by atoms with Gasteiger partial charge in [-0.1, -0.05) is 0 Å². The van der Waals surface area contributed by atoms with Crippen LogP contribution in [0.25, 0.3) is 0 Å². The maximum atomic E-state index is 12.8. The summed E-state index contributed by atoms with van der Waals surface area (Å²) in [4.78, 5) is 12.2. The van der Waals surface area contributed by atoms with Gasteiger partial charge in [0.15, 0.2) is 11.5 Å². The van der Waals surface area contributed by atoms with Crippen molar-refractivity contribution in [1.29, 1.82) is 0 Å². The highest BCUT2D eigenvalue weighted by Crippen LogP contribution is 2.32. The number of ether oxygens (including phenoxy) is 3. The van der Waals surface area contributed by atoms with Gasteiger partial charge in [-0.05, 0) is 36.4 Å². The summed E-state index contributed by atoms with van der Waals surface area (Å²) in [6.45, 7) is -0.114. The van der Waals surface area contributed by atoms with Crippen LogP contribution in [0.1, 0.15) is 0 Å². The molecule has 0 heterocycles. The Hall–Kier alpha value is -3.01. The molecule has 2 aromatic carbocycles. The SMILES string of the molecule is COc1ccc(N(CC(=O)NCCOc2ccc(F)cc2)S(C)(=O)=O)cc1OC. The van der Waals surface area contributed by atoms with Crippen LogP contribution in [0.3, 0.4) is 0 Å². The number of methoxy groups -OCH3 is 2. The zero-order valence-corrected chi connectivity index (χ0v) is 17.2. The van der Waals surface area contributed by atoms with E-state index in [-0.39, 0.29) is 24.7 Å². The van der Waals surface area contributed by atoms with Crippen molar-refractivity contribution in [2.45, 2.75) is 0 Å². The van der Waals surface area contributed by atoms with Crippen LogP contribution < -0.4 is 23.8 Å². The summed E-state index contributed by atoms with van der Waals surface area (Å²) in [6.07, 6.45) is 1.01. The number of hydrogen-bond donors (Lipinski definition) is 1. The average molecular weight is 426 g/mol. The van der Waals surface area contributed by atoms with Crippen LogP contribution in [0.4, 0.5) is 10.1 Å². The summed E-state index contributed by atoms with van der Waals surface area (Å²) in [7, 11) is -0.829. The van der Waals surface area contributed by atoms with Crippen molar-refractivity contribution in [3.05, 3.63) is 48.3 Å². The standard InChI is InChI=1S/C19H23FN2O6S/c1-26-17-9-6-15(12-18(17)27-2)22(29(3,24)25)13-19(23)21-10-11-28-16-7-4-14(20)5-8-16/h4-9,12H,10-11,13H2,1-3H3,(H,21,23). The van der Waals surface area contributed by atoms with E-state index in [1.807, 2.05) is 0 Å². The monoisotopic (exact) mass is 426 g/mol. The Balaban J connectivity index is 1.97. The first-order chi connectivity index (χ1) is 13.7. The normalized spacial score (nSPS) is 10.9. The number of rotatable bonds is 10. The third kappa shape index (κ3) is 6.53. The number of sulfonamides is 1. The van der Waals surface area contributed by atoms with Crippen molar-refractivity contribution in [2.24, 2.45) is 0 Å². The summed E-state index contributed by atoms with van der Waals surface area (Å²) in [5.74, 6) is 0.359. The van der Waals surface area contributed by atoms with Crippen molar-refractivity contribution in [3.63, 3.8) is 0 Å². The Bertz CT molecular complexity index is 934. The minimum atomic E-state index is -3.73. The highest BCUT2D eigenvalue weighted by molar-refractivity contribution is 7.92.